The molecule has 4 nitrogen and oxygen atoms in total. The molecule has 4 heteroatoms. The number of phenolic OH excluding ortho intramolecular Hbond substituents is 2. The summed E-state index contributed by atoms with van der Waals surface area (Å²) in [5, 5.41) is 20.3. The quantitative estimate of drug-likeness (QED) is 0.108. The molecule has 0 aliphatic rings. The van der Waals surface area contributed by atoms with Gasteiger partial charge in [0.25, 0.3) is 0 Å². The van der Waals surface area contributed by atoms with Gasteiger partial charge in [-0.15, -0.1) is 6.58 Å². The van der Waals surface area contributed by atoms with E-state index in [0.29, 0.717) is 17.5 Å². The lowest BCUT2D eigenvalue weighted by molar-refractivity contribution is 0.314. The van der Waals surface area contributed by atoms with Crippen LogP contribution in [-0.4, -0.2) is 24.4 Å². The Labute approximate surface area is 295 Å². The lowest BCUT2D eigenvalue weighted by atomic mass is 10.00. The Kier molecular flexibility index (Phi) is 23.8. The van der Waals surface area contributed by atoms with Gasteiger partial charge >= 0.3 is 0 Å². The van der Waals surface area contributed by atoms with Gasteiger partial charge in [0, 0.05) is 11.1 Å². The first-order chi connectivity index (χ1) is 22.7. The summed E-state index contributed by atoms with van der Waals surface area (Å²) < 4.78 is 10.2. The lowest BCUT2D eigenvalue weighted by Crippen LogP contribution is -1.98. The Hall–Kier alpha value is -3.40. The number of ether oxygens (including phenoxy) is 2. The highest BCUT2D eigenvalue weighted by Gasteiger charge is 2.22. The molecule has 0 unspecified atom stereocenters. The van der Waals surface area contributed by atoms with Gasteiger partial charge < -0.3 is 19.7 Å². The Balaban J connectivity index is 0.00000100. The number of rotatable bonds is 20. The van der Waals surface area contributed by atoms with Crippen molar-refractivity contribution in [1.29, 1.82) is 0 Å². The van der Waals surface area contributed by atoms with E-state index >= 15 is 0 Å². The number of allylic oxidation sites excluding steroid dienone is 13. The molecule has 0 aliphatic carbocycles. The summed E-state index contributed by atoms with van der Waals surface area (Å²) >= 11 is 0. The fourth-order valence-corrected chi connectivity index (χ4v) is 5.09. The fraction of sp³-hybridized carbons (Fsp3) is 0.545. The van der Waals surface area contributed by atoms with E-state index in [4.69, 9.17) is 9.47 Å². The van der Waals surface area contributed by atoms with Crippen LogP contribution in [0.2, 0.25) is 0 Å². The van der Waals surface area contributed by atoms with Gasteiger partial charge in [-0.05, 0) is 139 Å². The molecule has 0 saturated heterocycles. The first-order valence-electron chi connectivity index (χ1n) is 17.9. The smallest absolute Gasteiger partial charge is 0.207 e. The minimum Gasteiger partial charge on any atom is -0.504 e. The lowest BCUT2D eigenvalue weighted by Gasteiger charge is -2.17. The van der Waals surface area contributed by atoms with E-state index in [-0.39, 0.29) is 23.0 Å². The SMILES string of the molecule is C=C(C)CC/C=C(/C)CC/C=C(\C)CC/C=C(\C)CC/C=C(\C)CCC=C(C)C.CC/C(C)=C\Cc1c(C)c(O)c(OC)c(OC)c1O. The molecular weight excluding hydrogens is 592 g/mol. The van der Waals surface area contributed by atoms with Crippen LogP contribution in [0.15, 0.2) is 82.0 Å². The van der Waals surface area contributed by atoms with E-state index in [0.717, 1.165) is 19.3 Å². The van der Waals surface area contributed by atoms with E-state index < -0.39 is 0 Å². The maximum atomic E-state index is 10.2. The van der Waals surface area contributed by atoms with Crippen molar-refractivity contribution in [1.82, 2.24) is 0 Å². The van der Waals surface area contributed by atoms with Crippen molar-refractivity contribution < 1.29 is 19.7 Å². The number of benzene rings is 1. The van der Waals surface area contributed by atoms with Gasteiger partial charge in [-0.3, -0.25) is 0 Å². The van der Waals surface area contributed by atoms with Crippen molar-refractivity contribution in [2.24, 2.45) is 0 Å². The second-order valence-electron chi connectivity index (χ2n) is 13.6. The first kappa shape index (κ1) is 44.6. The Morgan fingerprint density at radius 2 is 0.938 bits per heavy atom. The van der Waals surface area contributed by atoms with Crippen LogP contribution in [0.5, 0.6) is 23.0 Å². The van der Waals surface area contributed by atoms with E-state index in [1.54, 1.807) is 6.92 Å². The fourth-order valence-electron chi connectivity index (χ4n) is 5.09. The molecular formula is C44H70O4. The van der Waals surface area contributed by atoms with Crippen LogP contribution in [-0.2, 0) is 6.42 Å². The molecule has 0 aliphatic heterocycles. The van der Waals surface area contributed by atoms with Crippen molar-refractivity contribution in [2.75, 3.05) is 14.2 Å². The minimum absolute atomic E-state index is 0.00898. The first-order valence-corrected chi connectivity index (χ1v) is 17.9. The van der Waals surface area contributed by atoms with E-state index in [2.05, 4.69) is 92.3 Å². The van der Waals surface area contributed by atoms with Crippen LogP contribution in [0.3, 0.4) is 0 Å². The van der Waals surface area contributed by atoms with Crippen molar-refractivity contribution in [3.63, 3.8) is 0 Å². The van der Waals surface area contributed by atoms with Crippen LogP contribution < -0.4 is 9.47 Å². The number of hydrogen-bond donors (Lipinski definition) is 2. The van der Waals surface area contributed by atoms with Gasteiger partial charge in [-0.2, -0.15) is 0 Å². The van der Waals surface area contributed by atoms with Gasteiger partial charge in [0.05, 0.1) is 14.2 Å². The van der Waals surface area contributed by atoms with Crippen LogP contribution in [0.25, 0.3) is 0 Å². The topological polar surface area (TPSA) is 58.9 Å². The average Bonchev–Trinajstić information content (AvgIpc) is 3.02. The molecule has 0 amide bonds. The van der Waals surface area contributed by atoms with Gasteiger partial charge in [-0.1, -0.05) is 82.4 Å². The van der Waals surface area contributed by atoms with Crippen molar-refractivity contribution >= 4 is 0 Å². The van der Waals surface area contributed by atoms with Gasteiger partial charge in [0.2, 0.25) is 11.5 Å². The zero-order valence-electron chi connectivity index (χ0n) is 32.9. The number of hydrogen-bond acceptors (Lipinski definition) is 4. The Morgan fingerprint density at radius 3 is 1.29 bits per heavy atom. The van der Waals surface area contributed by atoms with Crippen molar-refractivity contribution in [2.45, 2.75) is 146 Å². The van der Waals surface area contributed by atoms with Crippen LogP contribution in [0, 0.1) is 6.92 Å². The zero-order valence-corrected chi connectivity index (χ0v) is 32.9. The van der Waals surface area contributed by atoms with Crippen LogP contribution >= 0.6 is 0 Å². The summed E-state index contributed by atoms with van der Waals surface area (Å²) in [6.45, 7) is 25.4. The molecule has 0 heterocycles. The van der Waals surface area contributed by atoms with Gasteiger partial charge in [-0.25, -0.2) is 0 Å². The molecule has 270 valence electrons. The highest BCUT2D eigenvalue weighted by molar-refractivity contribution is 5.66. The summed E-state index contributed by atoms with van der Waals surface area (Å²) in [6.07, 6.45) is 27.2. The Bertz CT molecular complexity index is 1310. The molecule has 0 radical (unpaired) electrons. The molecule has 0 bridgehead atoms. The number of phenols is 2. The molecule has 0 fully saturated rings. The van der Waals surface area contributed by atoms with E-state index in [1.165, 1.54) is 105 Å². The normalized spacial score (nSPS) is 12.8. The predicted molar refractivity (Wildman–Crippen MR) is 211 cm³/mol. The standard InChI is InChI=1S/C29H48.C15H22O4/c1-24(2)14-9-16-26(5)18-11-20-28(7)22-13-23-29(8)21-12-19-27(6)17-10-15-25(3)4;1-6-9(2)7-8-11-10(3)12(16)14(18-4)15(19-5)13(11)17/h15-16,19-20,23H,1,9-14,17-18,21-22H2,2-8H3;7,16-17H,6,8H2,1-5H3/b26-16-,27-19+,28-20+,29-23+;9-7-. The maximum absolute atomic E-state index is 10.2. The molecule has 0 aromatic heterocycles. The highest BCUT2D eigenvalue weighted by atomic mass is 16.5. The van der Waals surface area contributed by atoms with Gasteiger partial charge in [0.1, 0.15) is 0 Å². The molecule has 2 N–H and O–H groups in total. The van der Waals surface area contributed by atoms with Crippen molar-refractivity contribution in [3.8, 4) is 23.0 Å². The second-order valence-corrected chi connectivity index (χ2v) is 13.6. The second kappa shape index (κ2) is 25.6. The molecule has 48 heavy (non-hydrogen) atoms. The molecule has 1 rings (SSSR count). The maximum Gasteiger partial charge on any atom is 0.207 e. The summed E-state index contributed by atoms with van der Waals surface area (Å²) in [5.74, 6) is 0.366. The Morgan fingerprint density at radius 1 is 0.562 bits per heavy atom. The average molecular weight is 663 g/mol. The molecule has 1 aromatic carbocycles. The minimum atomic E-state index is 0.00898. The zero-order chi connectivity index (χ0) is 36.6. The van der Waals surface area contributed by atoms with Crippen LogP contribution in [0.4, 0.5) is 0 Å². The molecule has 0 saturated carbocycles. The van der Waals surface area contributed by atoms with E-state index in [9.17, 15) is 10.2 Å². The number of aromatic hydroxyl groups is 2. The summed E-state index contributed by atoms with van der Waals surface area (Å²) in [5.41, 5.74) is 11.3. The van der Waals surface area contributed by atoms with Crippen LogP contribution in [0.1, 0.15) is 144 Å². The third kappa shape index (κ3) is 19.4. The van der Waals surface area contributed by atoms with Gasteiger partial charge in [0.15, 0.2) is 11.5 Å². The summed E-state index contributed by atoms with van der Waals surface area (Å²) in [7, 11) is 2.86. The predicted octanol–water partition coefficient (Wildman–Crippen LogP) is 13.5. The molecule has 0 spiro atoms. The monoisotopic (exact) mass is 663 g/mol. The largest absolute Gasteiger partial charge is 0.504 e. The summed E-state index contributed by atoms with van der Waals surface area (Å²) in [4.78, 5) is 0. The third-order valence-corrected chi connectivity index (χ3v) is 8.60. The van der Waals surface area contributed by atoms with Crippen molar-refractivity contribution in [3.05, 3.63) is 93.2 Å². The highest BCUT2D eigenvalue weighted by Crippen LogP contribution is 2.48. The number of methoxy groups -OCH3 is 2. The summed E-state index contributed by atoms with van der Waals surface area (Å²) in [6, 6.07) is 0. The molecule has 1 aromatic rings. The van der Waals surface area contributed by atoms with E-state index in [1.807, 2.05) is 13.0 Å². The third-order valence-electron chi connectivity index (χ3n) is 8.60. The molecule has 0 atom stereocenters.